The number of hydrogen-bond acceptors (Lipinski definition) is 3. The third-order valence-corrected chi connectivity index (χ3v) is 5.63. The maximum absolute atomic E-state index is 12.8. The number of carbonyl (C=O) groups excluding carboxylic acids is 1. The van der Waals surface area contributed by atoms with Gasteiger partial charge in [-0.1, -0.05) is 18.2 Å². The third kappa shape index (κ3) is 4.61. The van der Waals surface area contributed by atoms with E-state index in [4.69, 9.17) is 4.74 Å². The Morgan fingerprint density at radius 2 is 2.04 bits per heavy atom. The van der Waals surface area contributed by atoms with Gasteiger partial charge >= 0.3 is 0 Å². The molecule has 0 radical (unpaired) electrons. The van der Waals surface area contributed by atoms with Crippen LogP contribution < -0.4 is 10.1 Å². The molecule has 1 N–H and O–H groups in total. The van der Waals surface area contributed by atoms with Gasteiger partial charge in [0, 0.05) is 22.3 Å². The van der Waals surface area contributed by atoms with Crippen LogP contribution in [0.3, 0.4) is 0 Å². The van der Waals surface area contributed by atoms with Crippen molar-refractivity contribution in [2.75, 3.05) is 7.11 Å². The van der Waals surface area contributed by atoms with Crippen molar-refractivity contribution < 1.29 is 9.53 Å². The Labute approximate surface area is 164 Å². The van der Waals surface area contributed by atoms with Crippen LogP contribution in [0.1, 0.15) is 39.1 Å². The number of benzene rings is 1. The number of ether oxygens (including phenoxy) is 1. The first-order valence-electron chi connectivity index (χ1n) is 9.11. The number of amides is 1. The van der Waals surface area contributed by atoms with Gasteiger partial charge in [-0.05, 0) is 62.4 Å². The highest BCUT2D eigenvalue weighted by Crippen LogP contribution is 2.20. The van der Waals surface area contributed by atoms with Crippen LogP contribution in [0.2, 0.25) is 0 Å². The van der Waals surface area contributed by atoms with E-state index in [0.717, 1.165) is 41.2 Å². The zero-order valence-electron chi connectivity index (χ0n) is 16.3. The van der Waals surface area contributed by atoms with Gasteiger partial charge in [0.25, 0.3) is 5.91 Å². The summed E-state index contributed by atoms with van der Waals surface area (Å²) in [5, 5.41) is 5.21. The van der Waals surface area contributed by atoms with E-state index >= 15 is 0 Å². The van der Waals surface area contributed by atoms with Crippen LogP contribution in [-0.4, -0.2) is 23.6 Å². The third-order valence-electron chi connectivity index (χ3n) is 4.77. The highest BCUT2D eigenvalue weighted by molar-refractivity contribution is 7.09. The summed E-state index contributed by atoms with van der Waals surface area (Å²) in [5.74, 6) is 0.819. The molecule has 0 aliphatic rings. The fourth-order valence-corrected chi connectivity index (χ4v) is 4.03. The van der Waals surface area contributed by atoms with E-state index in [1.807, 2.05) is 38.1 Å². The van der Waals surface area contributed by atoms with Crippen LogP contribution in [0.15, 0.2) is 47.8 Å². The van der Waals surface area contributed by atoms with E-state index in [9.17, 15) is 4.79 Å². The lowest BCUT2D eigenvalue weighted by molar-refractivity contribution is 0.0939. The molecule has 0 saturated carbocycles. The zero-order chi connectivity index (χ0) is 19.4. The first-order valence-corrected chi connectivity index (χ1v) is 9.98. The van der Waals surface area contributed by atoms with Crippen molar-refractivity contribution >= 4 is 17.2 Å². The average molecular weight is 383 g/mol. The number of methoxy groups -OCH3 is 1. The van der Waals surface area contributed by atoms with Crippen molar-refractivity contribution in [3.05, 3.63) is 75.2 Å². The molecular weight excluding hydrogens is 356 g/mol. The normalized spacial score (nSPS) is 12.0. The van der Waals surface area contributed by atoms with Crippen LogP contribution in [0, 0.1) is 13.8 Å². The quantitative estimate of drug-likeness (QED) is 0.650. The molecule has 0 fully saturated rings. The minimum absolute atomic E-state index is 0.0177. The predicted molar refractivity (Wildman–Crippen MR) is 111 cm³/mol. The van der Waals surface area contributed by atoms with E-state index in [0.29, 0.717) is 0 Å². The molecule has 2 aromatic heterocycles. The van der Waals surface area contributed by atoms with Crippen molar-refractivity contribution in [2.24, 2.45) is 0 Å². The molecule has 2 heterocycles. The van der Waals surface area contributed by atoms with E-state index in [1.54, 1.807) is 18.4 Å². The van der Waals surface area contributed by atoms with Gasteiger partial charge in [0.1, 0.15) is 5.75 Å². The van der Waals surface area contributed by atoms with E-state index in [2.05, 4.69) is 40.4 Å². The second-order valence-corrected chi connectivity index (χ2v) is 7.91. The smallest absolute Gasteiger partial charge is 0.253 e. The number of hydrogen-bond donors (Lipinski definition) is 1. The molecular formula is C22H26N2O2S. The fraction of sp³-hybridized carbons (Fsp3) is 0.318. The number of rotatable bonds is 7. The average Bonchev–Trinajstić information content (AvgIpc) is 3.25. The monoisotopic (exact) mass is 382 g/mol. The Hall–Kier alpha value is -2.53. The lowest BCUT2D eigenvalue weighted by Crippen LogP contribution is -2.34. The summed E-state index contributed by atoms with van der Waals surface area (Å²) in [6.07, 6.45) is 0.761. The fourth-order valence-electron chi connectivity index (χ4n) is 3.34. The first-order chi connectivity index (χ1) is 13.0. The van der Waals surface area contributed by atoms with Gasteiger partial charge in [-0.2, -0.15) is 0 Å². The molecule has 3 rings (SSSR count). The molecule has 0 aliphatic carbocycles. The van der Waals surface area contributed by atoms with Gasteiger partial charge in [0.15, 0.2) is 0 Å². The molecule has 0 spiro atoms. The highest BCUT2D eigenvalue weighted by Gasteiger charge is 2.18. The maximum Gasteiger partial charge on any atom is 0.253 e. The molecule has 1 aromatic carbocycles. The first kappa shape index (κ1) is 19.2. The van der Waals surface area contributed by atoms with Gasteiger partial charge < -0.3 is 14.6 Å². The number of nitrogens with one attached hydrogen (secondary N) is 1. The summed E-state index contributed by atoms with van der Waals surface area (Å²) in [6, 6.07) is 14.2. The SMILES string of the molecule is COc1cccc(CC(C)NC(=O)c2cc(C)n(Cc3cccs3)c2C)c1. The van der Waals surface area contributed by atoms with Crippen LogP contribution in [0.4, 0.5) is 0 Å². The van der Waals surface area contributed by atoms with Gasteiger partial charge in [-0.15, -0.1) is 11.3 Å². The lowest BCUT2D eigenvalue weighted by atomic mass is 10.1. The van der Waals surface area contributed by atoms with Crippen molar-refractivity contribution in [1.29, 1.82) is 0 Å². The molecule has 1 unspecified atom stereocenters. The van der Waals surface area contributed by atoms with E-state index in [1.165, 1.54) is 4.88 Å². The van der Waals surface area contributed by atoms with Crippen LogP contribution in [0.5, 0.6) is 5.75 Å². The maximum atomic E-state index is 12.8. The Morgan fingerprint density at radius 1 is 1.22 bits per heavy atom. The van der Waals surface area contributed by atoms with Crippen molar-refractivity contribution in [2.45, 2.75) is 39.8 Å². The molecule has 0 saturated heterocycles. The number of aromatic nitrogens is 1. The molecule has 1 amide bonds. The Kier molecular flexibility index (Phi) is 6.01. The summed E-state index contributed by atoms with van der Waals surface area (Å²) in [5.41, 5.74) is 4.00. The Morgan fingerprint density at radius 3 is 2.74 bits per heavy atom. The Balaban J connectivity index is 1.68. The number of carbonyl (C=O) groups is 1. The minimum Gasteiger partial charge on any atom is -0.497 e. The number of nitrogens with zero attached hydrogens (tertiary/aromatic N) is 1. The molecule has 5 heteroatoms. The van der Waals surface area contributed by atoms with Crippen molar-refractivity contribution in [3.63, 3.8) is 0 Å². The number of aryl methyl sites for hydroxylation is 1. The molecule has 4 nitrogen and oxygen atoms in total. The largest absolute Gasteiger partial charge is 0.497 e. The van der Waals surface area contributed by atoms with E-state index in [-0.39, 0.29) is 11.9 Å². The van der Waals surface area contributed by atoms with Gasteiger partial charge in [0.2, 0.25) is 0 Å². The summed E-state index contributed by atoms with van der Waals surface area (Å²) < 4.78 is 7.47. The second-order valence-electron chi connectivity index (χ2n) is 6.88. The van der Waals surface area contributed by atoms with Crippen LogP contribution >= 0.6 is 11.3 Å². The predicted octanol–water partition coefficient (Wildman–Crippen LogP) is 4.58. The lowest BCUT2D eigenvalue weighted by Gasteiger charge is -2.15. The summed E-state index contributed by atoms with van der Waals surface area (Å²) >= 11 is 1.74. The topological polar surface area (TPSA) is 43.3 Å². The highest BCUT2D eigenvalue weighted by atomic mass is 32.1. The van der Waals surface area contributed by atoms with Gasteiger partial charge in [-0.3, -0.25) is 4.79 Å². The molecule has 27 heavy (non-hydrogen) atoms. The minimum atomic E-state index is -0.0177. The molecule has 0 bridgehead atoms. The standard InChI is InChI=1S/C22H26N2O2S/c1-15(11-18-7-5-8-19(13-18)26-4)23-22(25)21-12-16(2)24(17(21)3)14-20-9-6-10-27-20/h5-10,12-13,15H,11,14H2,1-4H3,(H,23,25). The van der Waals surface area contributed by atoms with Gasteiger partial charge in [0.05, 0.1) is 19.2 Å². The summed E-state index contributed by atoms with van der Waals surface area (Å²) in [6.45, 7) is 6.91. The summed E-state index contributed by atoms with van der Waals surface area (Å²) in [4.78, 5) is 14.1. The van der Waals surface area contributed by atoms with Crippen molar-refractivity contribution in [3.8, 4) is 5.75 Å². The van der Waals surface area contributed by atoms with E-state index < -0.39 is 0 Å². The molecule has 3 aromatic rings. The second kappa shape index (κ2) is 8.44. The molecule has 142 valence electrons. The molecule has 0 aliphatic heterocycles. The van der Waals surface area contributed by atoms with Gasteiger partial charge in [-0.25, -0.2) is 0 Å². The van der Waals surface area contributed by atoms with Crippen LogP contribution in [0.25, 0.3) is 0 Å². The number of thiophene rings is 1. The van der Waals surface area contributed by atoms with Crippen LogP contribution in [-0.2, 0) is 13.0 Å². The molecule has 1 atom stereocenters. The Bertz CT molecular complexity index is 913. The summed E-state index contributed by atoms with van der Waals surface area (Å²) in [7, 11) is 1.66. The van der Waals surface area contributed by atoms with Crippen molar-refractivity contribution in [1.82, 2.24) is 9.88 Å². The zero-order valence-corrected chi connectivity index (χ0v) is 17.1.